The molecular formula is C26H28N6O8. The van der Waals surface area contributed by atoms with E-state index in [1.165, 1.54) is 55.5 Å². The monoisotopic (exact) mass is 552 g/mol. The number of methoxy groups -OCH3 is 1. The number of hydrogen-bond donors (Lipinski definition) is 5. The van der Waals surface area contributed by atoms with E-state index in [4.69, 9.17) is 21.6 Å². The van der Waals surface area contributed by atoms with Gasteiger partial charge < -0.3 is 26.6 Å². The third-order valence-corrected chi connectivity index (χ3v) is 6.52. The molecule has 0 bridgehead atoms. The number of carboxylic acids is 1. The van der Waals surface area contributed by atoms with Gasteiger partial charge in [0.2, 0.25) is 5.91 Å². The van der Waals surface area contributed by atoms with Crippen LogP contribution in [0.1, 0.15) is 31.4 Å². The molecule has 3 atom stereocenters. The van der Waals surface area contributed by atoms with Crippen LogP contribution in [0.3, 0.4) is 0 Å². The maximum atomic E-state index is 14.1. The Hall–Kier alpha value is -5.11. The molecule has 1 saturated heterocycles. The molecule has 1 fully saturated rings. The maximum Gasteiger partial charge on any atom is 0.362 e. The molecule has 40 heavy (non-hydrogen) atoms. The minimum atomic E-state index is -3.05. The fraction of sp³-hybridized carbons (Fsp3) is 0.269. The van der Waals surface area contributed by atoms with Crippen molar-refractivity contribution in [3.8, 4) is 0 Å². The summed E-state index contributed by atoms with van der Waals surface area (Å²) in [5.41, 5.74) is 6.87. The van der Waals surface area contributed by atoms with Crippen LogP contribution in [0.2, 0.25) is 0 Å². The van der Waals surface area contributed by atoms with Gasteiger partial charge in [0.25, 0.3) is 11.6 Å². The molecular weight excluding hydrogens is 524 g/mol. The Morgan fingerprint density at radius 1 is 1.12 bits per heavy atom. The van der Waals surface area contributed by atoms with Crippen molar-refractivity contribution in [2.24, 2.45) is 11.5 Å². The third-order valence-electron chi connectivity index (χ3n) is 6.52. The molecule has 3 rings (SSSR count). The van der Waals surface area contributed by atoms with Crippen molar-refractivity contribution in [1.29, 1.82) is 5.41 Å². The van der Waals surface area contributed by atoms with Crippen LogP contribution in [-0.2, 0) is 34.2 Å². The van der Waals surface area contributed by atoms with Crippen molar-refractivity contribution in [1.82, 2.24) is 10.2 Å². The highest BCUT2D eigenvalue weighted by molar-refractivity contribution is 6.24. The van der Waals surface area contributed by atoms with Gasteiger partial charge in [-0.25, -0.2) is 14.5 Å². The van der Waals surface area contributed by atoms with E-state index in [0.717, 1.165) is 14.0 Å². The molecule has 14 nitrogen and oxygen atoms in total. The molecule has 1 aliphatic heterocycles. The highest BCUT2D eigenvalue weighted by atomic mass is 16.5. The molecule has 210 valence electrons. The van der Waals surface area contributed by atoms with E-state index in [0.29, 0.717) is 15.4 Å². The van der Waals surface area contributed by atoms with Gasteiger partial charge in [-0.2, -0.15) is 0 Å². The highest BCUT2D eigenvalue weighted by Crippen LogP contribution is 2.38. The van der Waals surface area contributed by atoms with E-state index in [9.17, 15) is 33.9 Å². The Morgan fingerprint density at radius 2 is 1.70 bits per heavy atom. The zero-order valence-corrected chi connectivity index (χ0v) is 21.8. The number of anilines is 1. The normalized spacial score (nSPS) is 18.8. The van der Waals surface area contributed by atoms with E-state index in [1.807, 2.05) is 0 Å². The van der Waals surface area contributed by atoms with Crippen molar-refractivity contribution in [2.45, 2.75) is 37.5 Å². The Bertz CT molecular complexity index is 1400. The number of amidine groups is 1. The first-order chi connectivity index (χ1) is 18.7. The van der Waals surface area contributed by atoms with Crippen molar-refractivity contribution in [2.75, 3.05) is 12.0 Å². The lowest BCUT2D eigenvalue weighted by molar-refractivity contribution is -0.164. The lowest BCUT2D eigenvalue weighted by atomic mass is 9.89. The quantitative estimate of drug-likeness (QED) is 0.0873. The number of carboxylic acid groups (broad SMARTS) is 1. The Kier molecular flexibility index (Phi) is 8.05. The summed E-state index contributed by atoms with van der Waals surface area (Å²) < 4.78 is 4.89. The molecule has 1 heterocycles. The van der Waals surface area contributed by atoms with E-state index in [1.54, 1.807) is 6.07 Å². The van der Waals surface area contributed by atoms with Crippen LogP contribution in [0.4, 0.5) is 10.5 Å². The van der Waals surface area contributed by atoms with Crippen molar-refractivity contribution >= 4 is 47.1 Å². The average molecular weight is 553 g/mol. The van der Waals surface area contributed by atoms with Crippen molar-refractivity contribution in [3.63, 3.8) is 0 Å². The average Bonchev–Trinajstić information content (AvgIpc) is 3.14. The molecule has 0 radical (unpaired) electrons. The fourth-order valence-electron chi connectivity index (χ4n) is 4.49. The summed E-state index contributed by atoms with van der Waals surface area (Å²) in [6, 6.07) is 9.81. The number of nitrogens with one attached hydrogen (secondary N) is 2. The number of urea groups is 1. The van der Waals surface area contributed by atoms with Crippen LogP contribution in [0.15, 0.2) is 54.6 Å². The number of carbonyl (C=O) groups excluding carboxylic acids is 5. The second-order valence-corrected chi connectivity index (χ2v) is 9.12. The van der Waals surface area contributed by atoms with Crippen LogP contribution >= 0.6 is 0 Å². The highest BCUT2D eigenvalue weighted by Gasteiger charge is 2.67. The first-order valence-corrected chi connectivity index (χ1v) is 11.8. The smallest absolute Gasteiger partial charge is 0.362 e. The molecule has 0 aromatic heterocycles. The number of ether oxygens (including phenoxy) is 1. The second kappa shape index (κ2) is 10.9. The molecule has 14 heteroatoms. The van der Waals surface area contributed by atoms with Gasteiger partial charge in [-0.1, -0.05) is 42.5 Å². The van der Waals surface area contributed by atoms with Crippen LogP contribution in [0.25, 0.3) is 0 Å². The van der Waals surface area contributed by atoms with E-state index < -0.39 is 59.2 Å². The number of nitrogens with two attached hydrogens (primary N) is 2. The van der Waals surface area contributed by atoms with E-state index in [-0.39, 0.29) is 17.1 Å². The number of esters is 1. The molecule has 7 N–H and O–H groups in total. The minimum absolute atomic E-state index is 0.144. The number of para-hydroxylation sites is 1. The van der Waals surface area contributed by atoms with E-state index in [2.05, 4.69) is 5.32 Å². The van der Waals surface area contributed by atoms with Crippen LogP contribution in [-0.4, -0.2) is 70.2 Å². The zero-order valence-electron chi connectivity index (χ0n) is 21.8. The number of nitrogen functional groups attached to an aromatic ring is 1. The molecule has 2 aromatic carbocycles. The number of Topliss-reactive ketones (excluding diaryl/α,β-unsaturated/α-hetero) is 1. The fourth-order valence-corrected chi connectivity index (χ4v) is 4.49. The Morgan fingerprint density at radius 3 is 2.17 bits per heavy atom. The van der Waals surface area contributed by atoms with Crippen molar-refractivity contribution < 1.29 is 38.6 Å². The largest absolute Gasteiger partial charge is 0.481 e. The lowest BCUT2D eigenvalue weighted by Crippen LogP contribution is -2.74. The number of aliphatic carboxylic acids is 1. The first kappa shape index (κ1) is 29.4. The number of imide groups is 1. The lowest BCUT2D eigenvalue weighted by Gasteiger charge is -2.44. The second-order valence-electron chi connectivity index (χ2n) is 9.12. The molecule has 0 unspecified atom stereocenters. The number of carbonyl (C=O) groups is 6. The Balaban J connectivity index is 2.31. The predicted octanol–water partition coefficient (Wildman–Crippen LogP) is 0.0312. The number of ketones is 1. The first-order valence-electron chi connectivity index (χ1n) is 11.8. The summed E-state index contributed by atoms with van der Waals surface area (Å²) in [6.07, 6.45) is -0.891. The van der Waals surface area contributed by atoms with Crippen LogP contribution in [0, 0.1) is 5.41 Å². The van der Waals surface area contributed by atoms with Gasteiger partial charge in [0.15, 0.2) is 5.78 Å². The summed E-state index contributed by atoms with van der Waals surface area (Å²) in [7, 11) is 0.892. The van der Waals surface area contributed by atoms with Crippen LogP contribution in [0.5, 0.6) is 0 Å². The summed E-state index contributed by atoms with van der Waals surface area (Å²) in [4.78, 5) is 80.6. The van der Waals surface area contributed by atoms with Gasteiger partial charge in [-0.05, 0) is 31.5 Å². The standard InChI is InChI=1S/C26H28N6O8/c1-14(33)26(23(38)40-3,31(17-7-5-4-6-8-17)21(36)18(27)13-19(34)35)32-22(37)25(2,30-24(32)39)16-11-9-15(10-12-16)20(28)29/h4-12,18H,13,27H2,1-3H3,(H3,28,29)(H,30,39)(H,34,35)/t18-,25+,26-/m0/s1. The minimum Gasteiger partial charge on any atom is -0.481 e. The van der Waals surface area contributed by atoms with Gasteiger partial charge >= 0.3 is 18.0 Å². The molecule has 0 saturated carbocycles. The summed E-state index contributed by atoms with van der Waals surface area (Å²) in [6.45, 7) is 2.20. The molecule has 2 aromatic rings. The van der Waals surface area contributed by atoms with Crippen LogP contribution < -0.4 is 21.7 Å². The SMILES string of the molecule is COC(=O)[C@](C(C)=O)(N1C(=O)N[C@](C)(c2ccc(C(=N)N)cc2)C1=O)N(C(=O)[C@@H](N)CC(=O)O)c1ccccc1. The third kappa shape index (κ3) is 4.75. The summed E-state index contributed by atoms with van der Waals surface area (Å²) >= 11 is 0. The number of benzene rings is 2. The topological polar surface area (TPSA) is 226 Å². The molecule has 4 amide bonds. The summed E-state index contributed by atoms with van der Waals surface area (Å²) in [5.74, 6) is -6.67. The van der Waals surface area contributed by atoms with Gasteiger partial charge in [0.05, 0.1) is 19.6 Å². The molecule has 0 spiro atoms. The summed E-state index contributed by atoms with van der Waals surface area (Å²) in [5, 5.41) is 19.3. The van der Waals surface area contributed by atoms with Gasteiger partial charge in [-0.3, -0.25) is 29.5 Å². The number of nitrogens with zero attached hydrogens (tertiary/aromatic N) is 2. The van der Waals surface area contributed by atoms with Gasteiger partial charge in [0, 0.05) is 11.3 Å². The van der Waals surface area contributed by atoms with Gasteiger partial charge in [-0.15, -0.1) is 0 Å². The number of amides is 4. The van der Waals surface area contributed by atoms with E-state index >= 15 is 0 Å². The van der Waals surface area contributed by atoms with Gasteiger partial charge in [0.1, 0.15) is 11.4 Å². The number of rotatable bonds is 10. The number of hydrogen-bond acceptors (Lipinski definition) is 9. The Labute approximate surface area is 228 Å². The molecule has 1 aliphatic rings. The molecule has 0 aliphatic carbocycles. The zero-order chi connectivity index (χ0) is 30.0. The predicted molar refractivity (Wildman–Crippen MR) is 140 cm³/mol. The van der Waals surface area contributed by atoms with Crippen molar-refractivity contribution in [3.05, 3.63) is 65.7 Å². The maximum absolute atomic E-state index is 14.1.